The summed E-state index contributed by atoms with van der Waals surface area (Å²) in [6.45, 7) is 2.01. The van der Waals surface area contributed by atoms with Crippen LogP contribution >= 0.6 is 11.8 Å². The van der Waals surface area contributed by atoms with Crippen LogP contribution in [0.1, 0.15) is 23.7 Å². The van der Waals surface area contributed by atoms with Crippen LogP contribution in [-0.4, -0.2) is 29.6 Å². The Bertz CT molecular complexity index is 834. The van der Waals surface area contributed by atoms with Crippen molar-refractivity contribution < 1.29 is 19.1 Å². The van der Waals surface area contributed by atoms with Crippen LogP contribution < -0.4 is 10.6 Å². The van der Waals surface area contributed by atoms with Crippen LogP contribution in [0.15, 0.2) is 53.4 Å². The molecule has 0 aliphatic carbocycles. The lowest BCUT2D eigenvalue weighted by atomic mass is 10.2. The molecule has 2 N–H and O–H groups in total. The van der Waals surface area contributed by atoms with Crippen molar-refractivity contribution in [3.05, 3.63) is 54.1 Å². The second-order valence-electron chi connectivity index (χ2n) is 5.71. The van der Waals surface area contributed by atoms with Crippen molar-refractivity contribution in [2.75, 3.05) is 17.2 Å². The van der Waals surface area contributed by atoms with Gasteiger partial charge in [0, 0.05) is 17.0 Å². The van der Waals surface area contributed by atoms with Crippen molar-refractivity contribution in [2.45, 2.75) is 23.5 Å². The van der Waals surface area contributed by atoms with Crippen molar-refractivity contribution in [3.8, 4) is 0 Å². The molecule has 1 fully saturated rings. The zero-order chi connectivity index (χ0) is 18.7. The maximum atomic E-state index is 12.7. The van der Waals surface area contributed by atoms with E-state index in [9.17, 15) is 14.4 Å². The van der Waals surface area contributed by atoms with Gasteiger partial charge in [0.05, 0.1) is 23.1 Å². The van der Waals surface area contributed by atoms with Gasteiger partial charge in [0.15, 0.2) is 0 Å². The van der Waals surface area contributed by atoms with Crippen molar-refractivity contribution in [3.63, 3.8) is 0 Å². The van der Waals surface area contributed by atoms with Gasteiger partial charge in [-0.15, -0.1) is 11.8 Å². The lowest BCUT2D eigenvalue weighted by Crippen LogP contribution is -2.31. The number of nitrogens with two attached hydrogens (primary N) is 1. The normalized spacial score (nSPS) is 16.8. The molecule has 134 valence electrons. The Balaban J connectivity index is 1.74. The number of nitrogen functional groups attached to an aromatic ring is 1. The summed E-state index contributed by atoms with van der Waals surface area (Å²) in [5.74, 6) is -0.956. The van der Waals surface area contributed by atoms with E-state index in [1.807, 2.05) is 12.1 Å². The van der Waals surface area contributed by atoms with Crippen LogP contribution in [0.25, 0.3) is 0 Å². The lowest BCUT2D eigenvalue weighted by Gasteiger charge is -2.15. The molecule has 2 amide bonds. The maximum Gasteiger partial charge on any atom is 0.338 e. The molecule has 0 aromatic heterocycles. The number of hydrogen-bond acceptors (Lipinski definition) is 6. The van der Waals surface area contributed by atoms with Gasteiger partial charge in [0.2, 0.25) is 11.8 Å². The van der Waals surface area contributed by atoms with Gasteiger partial charge in [-0.05, 0) is 55.5 Å². The van der Waals surface area contributed by atoms with Crippen LogP contribution in [0.2, 0.25) is 0 Å². The van der Waals surface area contributed by atoms with Crippen LogP contribution in [0, 0.1) is 0 Å². The molecule has 1 aliphatic heterocycles. The molecule has 1 aliphatic rings. The molecule has 1 heterocycles. The van der Waals surface area contributed by atoms with Gasteiger partial charge in [-0.2, -0.15) is 0 Å². The maximum absolute atomic E-state index is 12.7. The molecule has 0 spiro atoms. The number of anilines is 2. The summed E-state index contributed by atoms with van der Waals surface area (Å²) in [5, 5.41) is -0.476. The Morgan fingerprint density at radius 1 is 1.15 bits per heavy atom. The summed E-state index contributed by atoms with van der Waals surface area (Å²) in [4.78, 5) is 38.8. The minimum Gasteiger partial charge on any atom is -0.462 e. The summed E-state index contributed by atoms with van der Waals surface area (Å²) in [7, 11) is 0. The van der Waals surface area contributed by atoms with Crippen molar-refractivity contribution in [1.82, 2.24) is 0 Å². The Morgan fingerprint density at radius 2 is 1.81 bits per heavy atom. The number of amides is 2. The van der Waals surface area contributed by atoms with Gasteiger partial charge in [-0.25, -0.2) is 9.69 Å². The van der Waals surface area contributed by atoms with Crippen LogP contribution in [0.4, 0.5) is 11.4 Å². The first kappa shape index (κ1) is 18.0. The number of benzene rings is 2. The van der Waals surface area contributed by atoms with E-state index in [2.05, 4.69) is 0 Å². The number of hydrogen-bond donors (Lipinski definition) is 1. The average Bonchev–Trinajstić information content (AvgIpc) is 2.91. The van der Waals surface area contributed by atoms with Crippen LogP contribution in [-0.2, 0) is 14.3 Å². The summed E-state index contributed by atoms with van der Waals surface area (Å²) >= 11 is 1.34. The van der Waals surface area contributed by atoms with Gasteiger partial charge in [-0.1, -0.05) is 0 Å². The van der Waals surface area contributed by atoms with Gasteiger partial charge in [0.1, 0.15) is 0 Å². The molecule has 6 nitrogen and oxygen atoms in total. The Labute approximate surface area is 155 Å². The fourth-order valence-electron chi connectivity index (χ4n) is 2.64. The molecular formula is C19H18N2O4S. The lowest BCUT2D eigenvalue weighted by molar-refractivity contribution is -0.121. The molecule has 2 aromatic carbocycles. The monoisotopic (exact) mass is 370 g/mol. The third kappa shape index (κ3) is 3.72. The van der Waals surface area contributed by atoms with Crippen molar-refractivity contribution in [2.24, 2.45) is 0 Å². The minimum absolute atomic E-state index is 0.132. The van der Waals surface area contributed by atoms with E-state index < -0.39 is 11.2 Å². The number of carbonyl (C=O) groups is 3. The molecule has 0 unspecified atom stereocenters. The van der Waals surface area contributed by atoms with Gasteiger partial charge >= 0.3 is 5.97 Å². The number of thioether (sulfide) groups is 1. The highest BCUT2D eigenvalue weighted by atomic mass is 32.2. The fourth-order valence-corrected chi connectivity index (χ4v) is 3.69. The van der Waals surface area contributed by atoms with Crippen molar-refractivity contribution in [1.29, 1.82) is 0 Å². The number of rotatable bonds is 5. The third-order valence-corrected chi connectivity index (χ3v) is 5.10. The number of nitrogens with zero attached hydrogens (tertiary/aromatic N) is 1. The zero-order valence-electron chi connectivity index (χ0n) is 14.2. The first-order chi connectivity index (χ1) is 12.5. The Kier molecular flexibility index (Phi) is 5.27. The number of esters is 1. The smallest absolute Gasteiger partial charge is 0.338 e. The van der Waals surface area contributed by atoms with Gasteiger partial charge < -0.3 is 10.5 Å². The summed E-state index contributed by atoms with van der Waals surface area (Å²) in [6, 6.07) is 13.4. The van der Waals surface area contributed by atoms with E-state index in [0.717, 1.165) is 4.90 Å². The standard InChI is InChI=1S/C19H18N2O4S/c1-2-25-19(24)12-3-7-14(8-4-12)21-17(22)11-16(18(21)23)26-15-9-5-13(20)6-10-15/h3-10,16H,2,11,20H2,1H3/t16-/m0/s1. The SMILES string of the molecule is CCOC(=O)c1ccc(N2C(=O)C[C@H](Sc3ccc(N)cc3)C2=O)cc1. The summed E-state index contributed by atoms with van der Waals surface area (Å²) < 4.78 is 4.93. The van der Waals surface area contributed by atoms with E-state index in [1.165, 1.54) is 16.7 Å². The molecule has 1 saturated heterocycles. The van der Waals surface area contributed by atoms with E-state index in [1.54, 1.807) is 43.3 Å². The number of carbonyl (C=O) groups excluding carboxylic acids is 3. The van der Waals surface area contributed by atoms with E-state index in [0.29, 0.717) is 16.9 Å². The second kappa shape index (κ2) is 7.61. The third-order valence-electron chi connectivity index (χ3n) is 3.90. The van der Waals surface area contributed by atoms with Crippen LogP contribution in [0.5, 0.6) is 0 Å². The molecule has 0 saturated carbocycles. The molecule has 3 rings (SSSR count). The largest absolute Gasteiger partial charge is 0.462 e. The molecule has 1 atom stereocenters. The summed E-state index contributed by atoms with van der Waals surface area (Å²) in [5.41, 5.74) is 7.14. The van der Waals surface area contributed by atoms with Gasteiger partial charge in [-0.3, -0.25) is 9.59 Å². The van der Waals surface area contributed by atoms with Gasteiger partial charge in [0.25, 0.3) is 0 Å². The van der Waals surface area contributed by atoms with Crippen LogP contribution in [0.3, 0.4) is 0 Å². The van der Waals surface area contributed by atoms with E-state index in [-0.39, 0.29) is 24.8 Å². The second-order valence-corrected chi connectivity index (χ2v) is 6.99. The average molecular weight is 370 g/mol. The first-order valence-corrected chi connectivity index (χ1v) is 9.03. The Morgan fingerprint density at radius 3 is 2.42 bits per heavy atom. The first-order valence-electron chi connectivity index (χ1n) is 8.15. The molecule has 0 bridgehead atoms. The number of ether oxygens (including phenoxy) is 1. The molecule has 0 radical (unpaired) electrons. The highest BCUT2D eigenvalue weighted by Gasteiger charge is 2.40. The van der Waals surface area contributed by atoms with Crippen molar-refractivity contribution >= 4 is 40.9 Å². The molecule has 26 heavy (non-hydrogen) atoms. The predicted molar refractivity (Wildman–Crippen MR) is 100 cm³/mol. The zero-order valence-corrected chi connectivity index (χ0v) is 15.0. The van der Waals surface area contributed by atoms with E-state index >= 15 is 0 Å². The van der Waals surface area contributed by atoms with E-state index in [4.69, 9.17) is 10.5 Å². The highest BCUT2D eigenvalue weighted by molar-refractivity contribution is 8.00. The quantitative estimate of drug-likeness (QED) is 0.494. The summed E-state index contributed by atoms with van der Waals surface area (Å²) in [6.07, 6.45) is 0.132. The topological polar surface area (TPSA) is 89.7 Å². The molecular weight excluding hydrogens is 352 g/mol. The molecule has 7 heteroatoms. The fraction of sp³-hybridized carbons (Fsp3) is 0.211. The molecule has 2 aromatic rings. The highest BCUT2D eigenvalue weighted by Crippen LogP contribution is 2.34. The minimum atomic E-state index is -0.476. The predicted octanol–water partition coefficient (Wildman–Crippen LogP) is 2.87. The number of imide groups is 1. The Hall–Kier alpha value is -2.80.